The molecule has 4 heteroatoms. The van der Waals surface area contributed by atoms with Gasteiger partial charge in [-0.15, -0.1) is 0 Å². The summed E-state index contributed by atoms with van der Waals surface area (Å²) < 4.78 is 2.12. The van der Waals surface area contributed by atoms with Crippen molar-refractivity contribution >= 4 is 11.6 Å². The molecule has 0 aliphatic heterocycles. The topological polar surface area (TPSA) is 51.1 Å². The van der Waals surface area contributed by atoms with Crippen molar-refractivity contribution in [3.8, 4) is 0 Å². The first-order chi connectivity index (χ1) is 13.5. The van der Waals surface area contributed by atoms with E-state index in [0.29, 0.717) is 18.7 Å². The highest BCUT2D eigenvalue weighted by atomic mass is 16.2. The van der Waals surface area contributed by atoms with Crippen molar-refractivity contribution in [3.05, 3.63) is 99.0 Å². The number of carbonyl (C=O) groups excluding carboxylic acids is 1. The predicted octanol–water partition coefficient (Wildman–Crippen LogP) is 4.58. The summed E-state index contributed by atoms with van der Waals surface area (Å²) in [5.41, 5.74) is 4.76. The van der Waals surface area contributed by atoms with E-state index in [9.17, 15) is 9.59 Å². The normalized spacial score (nSPS) is 10.7. The summed E-state index contributed by atoms with van der Waals surface area (Å²) in [6, 6.07) is 19.2. The maximum atomic E-state index is 12.9. The predicted molar refractivity (Wildman–Crippen MR) is 114 cm³/mol. The minimum absolute atomic E-state index is 0.220. The van der Waals surface area contributed by atoms with Crippen molar-refractivity contribution in [1.29, 1.82) is 0 Å². The molecule has 4 nitrogen and oxygen atoms in total. The molecule has 0 saturated heterocycles. The molecule has 1 aromatic heterocycles. The second-order valence-corrected chi connectivity index (χ2v) is 6.92. The highest BCUT2D eigenvalue weighted by molar-refractivity contribution is 6.05. The zero-order valence-corrected chi connectivity index (χ0v) is 16.7. The average Bonchev–Trinajstić information content (AvgIpc) is 2.70. The van der Waals surface area contributed by atoms with Crippen molar-refractivity contribution in [2.75, 3.05) is 5.32 Å². The van der Waals surface area contributed by atoms with E-state index in [0.717, 1.165) is 23.4 Å². The first kappa shape index (κ1) is 19.6. The van der Waals surface area contributed by atoms with Gasteiger partial charge in [0, 0.05) is 29.7 Å². The van der Waals surface area contributed by atoms with E-state index in [-0.39, 0.29) is 16.9 Å². The van der Waals surface area contributed by atoms with Crippen molar-refractivity contribution < 1.29 is 4.79 Å². The van der Waals surface area contributed by atoms with Crippen LogP contribution in [0.15, 0.2) is 65.5 Å². The number of carbonyl (C=O) groups is 1. The number of anilines is 1. The molecule has 1 amide bonds. The zero-order chi connectivity index (χ0) is 20.1. The summed E-state index contributed by atoms with van der Waals surface area (Å²) in [5.74, 6) is -0.353. The molecule has 0 fully saturated rings. The number of aromatic nitrogens is 1. The van der Waals surface area contributed by atoms with Crippen LogP contribution in [0.4, 0.5) is 5.69 Å². The molecule has 28 heavy (non-hydrogen) atoms. The van der Waals surface area contributed by atoms with Crippen LogP contribution in [-0.2, 0) is 19.4 Å². The van der Waals surface area contributed by atoms with Crippen LogP contribution < -0.4 is 10.7 Å². The van der Waals surface area contributed by atoms with Crippen LogP contribution in [0.3, 0.4) is 0 Å². The van der Waals surface area contributed by atoms with E-state index in [4.69, 9.17) is 0 Å². The summed E-state index contributed by atoms with van der Waals surface area (Å²) >= 11 is 0. The van der Waals surface area contributed by atoms with Crippen molar-refractivity contribution in [2.45, 2.75) is 40.2 Å². The van der Waals surface area contributed by atoms with Gasteiger partial charge in [0.05, 0.1) is 0 Å². The third-order valence-corrected chi connectivity index (χ3v) is 4.92. The second kappa shape index (κ2) is 8.70. The number of pyridine rings is 1. The molecule has 144 valence electrons. The van der Waals surface area contributed by atoms with E-state index in [2.05, 4.69) is 41.1 Å². The quantitative estimate of drug-likeness (QED) is 0.686. The maximum Gasteiger partial charge on any atom is 0.261 e. The largest absolute Gasteiger partial charge is 0.343 e. The molecule has 0 bridgehead atoms. The molecule has 0 saturated carbocycles. The van der Waals surface area contributed by atoms with Gasteiger partial charge >= 0.3 is 0 Å². The third-order valence-electron chi connectivity index (χ3n) is 4.92. The number of hydrogen-bond acceptors (Lipinski definition) is 2. The van der Waals surface area contributed by atoms with E-state index in [1.807, 2.05) is 44.2 Å². The Morgan fingerprint density at radius 3 is 2.25 bits per heavy atom. The molecule has 0 unspecified atom stereocenters. The molecule has 0 atom stereocenters. The smallest absolute Gasteiger partial charge is 0.261 e. The molecule has 3 aromatic rings. The number of hydrogen-bond donors (Lipinski definition) is 1. The first-order valence-corrected chi connectivity index (χ1v) is 9.71. The van der Waals surface area contributed by atoms with Crippen LogP contribution in [0.2, 0.25) is 0 Å². The highest BCUT2D eigenvalue weighted by Gasteiger charge is 2.20. The molecule has 1 N–H and O–H groups in total. The number of para-hydroxylation sites is 1. The van der Waals surface area contributed by atoms with Gasteiger partial charge in [0.1, 0.15) is 5.56 Å². The Bertz CT molecular complexity index is 1020. The van der Waals surface area contributed by atoms with E-state index < -0.39 is 0 Å². The minimum Gasteiger partial charge on any atom is -0.343 e. The van der Waals surface area contributed by atoms with Crippen LogP contribution >= 0.6 is 0 Å². The lowest BCUT2D eigenvalue weighted by Crippen LogP contribution is -2.29. The van der Waals surface area contributed by atoms with Crippen molar-refractivity contribution in [1.82, 2.24) is 4.57 Å². The Morgan fingerprint density at radius 1 is 0.964 bits per heavy atom. The zero-order valence-electron chi connectivity index (χ0n) is 16.7. The Hall–Kier alpha value is -3.14. The molecule has 0 aliphatic carbocycles. The van der Waals surface area contributed by atoms with Gasteiger partial charge in [-0.25, -0.2) is 0 Å². The lowest BCUT2D eigenvalue weighted by atomic mass is 10.1. The Labute approximate surface area is 165 Å². The molecule has 0 aliphatic rings. The maximum absolute atomic E-state index is 12.9. The van der Waals surface area contributed by atoms with Crippen LogP contribution in [0, 0.1) is 6.92 Å². The van der Waals surface area contributed by atoms with E-state index in [1.165, 1.54) is 5.56 Å². The van der Waals surface area contributed by atoms with Crippen molar-refractivity contribution in [3.63, 3.8) is 0 Å². The fourth-order valence-electron chi connectivity index (χ4n) is 3.44. The monoisotopic (exact) mass is 374 g/mol. The van der Waals surface area contributed by atoms with Gasteiger partial charge in [-0.2, -0.15) is 0 Å². The lowest BCUT2D eigenvalue weighted by molar-refractivity contribution is 0.102. The summed E-state index contributed by atoms with van der Waals surface area (Å²) in [6.45, 7) is 6.71. The van der Waals surface area contributed by atoms with Gasteiger partial charge in [-0.3, -0.25) is 9.59 Å². The Kier molecular flexibility index (Phi) is 6.09. The van der Waals surface area contributed by atoms with Crippen LogP contribution in [-0.4, -0.2) is 10.5 Å². The molecule has 2 aromatic carbocycles. The van der Waals surface area contributed by atoms with E-state index >= 15 is 0 Å². The summed E-state index contributed by atoms with van der Waals surface area (Å²) in [4.78, 5) is 25.7. The number of rotatable bonds is 6. The average molecular weight is 374 g/mol. The Balaban J connectivity index is 2.06. The summed E-state index contributed by atoms with van der Waals surface area (Å²) in [6.07, 6.45) is 1.33. The van der Waals surface area contributed by atoms with Gasteiger partial charge in [-0.1, -0.05) is 61.9 Å². The second-order valence-electron chi connectivity index (χ2n) is 6.92. The molecular weight excluding hydrogens is 348 g/mol. The SMILES string of the molecule is CCc1cc(=O)c(C(=O)Nc2ccccc2)c(CC)n1Cc1ccc(C)cc1. The Morgan fingerprint density at radius 2 is 1.64 bits per heavy atom. The summed E-state index contributed by atoms with van der Waals surface area (Å²) in [5, 5.41) is 2.86. The number of nitrogens with zero attached hydrogens (tertiary/aromatic N) is 1. The molecule has 0 radical (unpaired) electrons. The fraction of sp³-hybridized carbons (Fsp3) is 0.250. The minimum atomic E-state index is -0.353. The third kappa shape index (κ3) is 4.22. The lowest BCUT2D eigenvalue weighted by Gasteiger charge is -2.20. The van der Waals surface area contributed by atoms with Crippen LogP contribution in [0.1, 0.15) is 46.7 Å². The molecule has 0 spiro atoms. The van der Waals surface area contributed by atoms with Crippen LogP contribution in [0.5, 0.6) is 0 Å². The summed E-state index contributed by atoms with van der Waals surface area (Å²) in [7, 11) is 0. The molecule has 1 heterocycles. The number of aryl methyl sites for hydroxylation is 2. The standard InChI is InChI=1S/C24H26N2O2/c1-4-20-15-22(27)23(24(28)25-19-9-7-6-8-10-19)21(5-2)26(20)16-18-13-11-17(3)12-14-18/h6-15H,4-5,16H2,1-3H3,(H,25,28). The van der Waals surface area contributed by atoms with Gasteiger partial charge in [0.2, 0.25) is 0 Å². The number of amides is 1. The fourth-order valence-corrected chi connectivity index (χ4v) is 3.44. The first-order valence-electron chi connectivity index (χ1n) is 9.71. The van der Waals surface area contributed by atoms with Crippen LogP contribution in [0.25, 0.3) is 0 Å². The van der Waals surface area contributed by atoms with Gasteiger partial charge in [0.25, 0.3) is 5.91 Å². The van der Waals surface area contributed by atoms with Gasteiger partial charge in [0.15, 0.2) is 5.43 Å². The number of nitrogens with one attached hydrogen (secondary N) is 1. The molecular formula is C24H26N2O2. The number of benzene rings is 2. The molecule has 3 rings (SSSR count). The highest BCUT2D eigenvalue weighted by Crippen LogP contribution is 2.16. The van der Waals surface area contributed by atoms with Gasteiger partial charge < -0.3 is 9.88 Å². The van der Waals surface area contributed by atoms with E-state index in [1.54, 1.807) is 6.07 Å². The van der Waals surface area contributed by atoms with Gasteiger partial charge in [-0.05, 0) is 37.5 Å². The van der Waals surface area contributed by atoms with Crippen molar-refractivity contribution in [2.24, 2.45) is 0 Å².